The first-order valence-electron chi connectivity index (χ1n) is 4.94. The van der Waals surface area contributed by atoms with E-state index in [0.29, 0.717) is 6.54 Å². The molecule has 16 heavy (non-hydrogen) atoms. The number of nitrogens with one attached hydrogen (secondary N) is 1. The van der Waals surface area contributed by atoms with Crippen molar-refractivity contribution in [2.45, 2.75) is 32.5 Å². The van der Waals surface area contributed by atoms with Crippen molar-refractivity contribution in [3.05, 3.63) is 17.9 Å². The number of rotatable bonds is 4. The molecule has 0 aliphatic carbocycles. The third-order valence-electron chi connectivity index (χ3n) is 1.85. The Hall–Kier alpha value is -0.850. The van der Waals surface area contributed by atoms with Gasteiger partial charge in [0.25, 0.3) is 10.0 Å². The lowest BCUT2D eigenvalue weighted by Gasteiger charge is -2.17. The topological polar surface area (TPSA) is 79.5 Å². The van der Waals surface area contributed by atoms with Crippen molar-refractivity contribution in [2.75, 3.05) is 6.54 Å². The fourth-order valence-electron chi connectivity index (χ4n) is 0.970. The van der Waals surface area contributed by atoms with E-state index in [1.54, 1.807) is 0 Å². The van der Waals surface area contributed by atoms with Gasteiger partial charge in [0.15, 0.2) is 0 Å². The lowest BCUT2D eigenvalue weighted by atomic mass is 9.98. The minimum atomic E-state index is -3.61. The van der Waals surface area contributed by atoms with Crippen molar-refractivity contribution in [1.29, 1.82) is 0 Å². The molecule has 0 spiro atoms. The third kappa shape index (κ3) is 3.62. The maximum Gasteiger partial charge on any atom is 0.273 e. The van der Waals surface area contributed by atoms with Gasteiger partial charge in [-0.05, 0) is 17.5 Å². The van der Waals surface area contributed by atoms with E-state index in [2.05, 4.69) is 4.72 Å². The summed E-state index contributed by atoms with van der Waals surface area (Å²) >= 11 is 0. The van der Waals surface area contributed by atoms with Gasteiger partial charge < -0.3 is 9.52 Å². The van der Waals surface area contributed by atoms with Crippen LogP contribution < -0.4 is 4.72 Å². The van der Waals surface area contributed by atoms with Crippen LogP contribution in [0.2, 0.25) is 0 Å². The summed E-state index contributed by atoms with van der Waals surface area (Å²) < 4.78 is 30.9. The Kier molecular flexibility index (Phi) is 3.77. The van der Waals surface area contributed by atoms with Crippen LogP contribution in [-0.4, -0.2) is 20.1 Å². The highest BCUT2D eigenvalue weighted by Crippen LogP contribution is 2.16. The maximum atomic E-state index is 11.7. The summed E-state index contributed by atoms with van der Waals surface area (Å²) in [5, 5.41) is 8.60. The van der Waals surface area contributed by atoms with Gasteiger partial charge in [-0.15, -0.1) is 0 Å². The van der Waals surface area contributed by atoms with Crippen LogP contribution in [0.5, 0.6) is 0 Å². The minimum absolute atomic E-state index is 0.139. The molecule has 0 unspecified atom stereocenters. The molecule has 2 N–H and O–H groups in total. The van der Waals surface area contributed by atoms with Crippen LogP contribution in [0.4, 0.5) is 0 Å². The average Bonchev–Trinajstić information content (AvgIpc) is 2.62. The van der Waals surface area contributed by atoms with Crippen LogP contribution in [0, 0.1) is 5.41 Å². The average molecular weight is 247 g/mol. The van der Waals surface area contributed by atoms with Crippen molar-refractivity contribution in [2.24, 2.45) is 5.41 Å². The highest BCUT2D eigenvalue weighted by atomic mass is 32.2. The monoisotopic (exact) mass is 247 g/mol. The second kappa shape index (κ2) is 4.57. The van der Waals surface area contributed by atoms with Crippen molar-refractivity contribution in [3.63, 3.8) is 0 Å². The van der Waals surface area contributed by atoms with Crippen LogP contribution in [-0.2, 0) is 16.6 Å². The second-order valence-corrected chi connectivity index (χ2v) is 6.46. The van der Waals surface area contributed by atoms with Gasteiger partial charge in [0.2, 0.25) is 5.09 Å². The molecule has 0 atom stereocenters. The molecule has 0 aliphatic heterocycles. The molecular formula is C10H17NO4S. The van der Waals surface area contributed by atoms with E-state index in [-0.39, 0.29) is 22.9 Å². The molecule has 0 aromatic carbocycles. The number of sulfonamides is 1. The molecule has 0 fully saturated rings. The Morgan fingerprint density at radius 1 is 1.38 bits per heavy atom. The molecule has 1 rings (SSSR count). The normalized spacial score (nSPS) is 13.0. The fourth-order valence-corrected chi connectivity index (χ4v) is 2.20. The number of aliphatic hydroxyl groups excluding tert-OH is 1. The number of aliphatic hydroxyl groups is 1. The highest BCUT2D eigenvalue weighted by molar-refractivity contribution is 7.89. The van der Waals surface area contributed by atoms with Gasteiger partial charge in [-0.1, -0.05) is 20.8 Å². The zero-order chi connectivity index (χ0) is 12.4. The molecule has 92 valence electrons. The first kappa shape index (κ1) is 13.2. The first-order valence-corrected chi connectivity index (χ1v) is 6.42. The van der Waals surface area contributed by atoms with Crippen LogP contribution >= 0.6 is 0 Å². The van der Waals surface area contributed by atoms with Gasteiger partial charge in [0.1, 0.15) is 12.4 Å². The SMILES string of the molecule is CC(C)(C)CNS(=O)(=O)c1ccc(CO)o1. The predicted octanol–water partition coefficient (Wildman–Crippen LogP) is 1.10. The van der Waals surface area contributed by atoms with Crippen molar-refractivity contribution < 1.29 is 17.9 Å². The molecule has 0 bridgehead atoms. The molecule has 1 aromatic rings. The predicted molar refractivity (Wildman–Crippen MR) is 59.3 cm³/mol. The van der Waals surface area contributed by atoms with Gasteiger partial charge in [-0.2, -0.15) is 0 Å². The zero-order valence-corrected chi connectivity index (χ0v) is 10.5. The molecule has 0 saturated carbocycles. The van der Waals surface area contributed by atoms with Crippen molar-refractivity contribution in [3.8, 4) is 0 Å². The van der Waals surface area contributed by atoms with Gasteiger partial charge in [-0.25, -0.2) is 13.1 Å². The van der Waals surface area contributed by atoms with Crippen molar-refractivity contribution in [1.82, 2.24) is 4.72 Å². The Bertz CT molecular complexity index is 442. The molecular weight excluding hydrogens is 230 g/mol. The molecule has 5 nitrogen and oxygen atoms in total. The summed E-state index contributed by atoms with van der Waals surface area (Å²) in [6.07, 6.45) is 0. The number of furan rings is 1. The zero-order valence-electron chi connectivity index (χ0n) is 9.65. The third-order valence-corrected chi connectivity index (χ3v) is 3.12. The second-order valence-electron chi connectivity index (χ2n) is 4.76. The molecule has 1 heterocycles. The summed E-state index contributed by atoms with van der Waals surface area (Å²) in [6.45, 7) is 5.80. The Morgan fingerprint density at radius 3 is 2.44 bits per heavy atom. The Balaban J connectivity index is 2.78. The van der Waals surface area contributed by atoms with E-state index in [1.807, 2.05) is 20.8 Å². The lowest BCUT2D eigenvalue weighted by molar-refractivity contribution is 0.236. The Labute approximate surface area is 95.5 Å². The molecule has 0 aliphatic rings. The lowest BCUT2D eigenvalue weighted by Crippen LogP contribution is -2.32. The summed E-state index contributed by atoms with van der Waals surface area (Å²) in [6, 6.07) is 2.77. The molecule has 0 amide bonds. The van der Waals surface area contributed by atoms with Gasteiger partial charge in [0.05, 0.1) is 0 Å². The molecule has 0 saturated heterocycles. The minimum Gasteiger partial charge on any atom is -0.446 e. The molecule has 1 aromatic heterocycles. The van der Waals surface area contributed by atoms with Gasteiger partial charge >= 0.3 is 0 Å². The van der Waals surface area contributed by atoms with Crippen molar-refractivity contribution >= 4 is 10.0 Å². The first-order chi connectivity index (χ1) is 7.24. The molecule has 6 heteroatoms. The Morgan fingerprint density at radius 2 is 2.00 bits per heavy atom. The van der Waals surface area contributed by atoms with E-state index in [4.69, 9.17) is 9.52 Å². The molecule has 0 radical (unpaired) electrons. The smallest absolute Gasteiger partial charge is 0.273 e. The van der Waals surface area contributed by atoms with Crippen LogP contribution in [0.1, 0.15) is 26.5 Å². The van der Waals surface area contributed by atoms with E-state index >= 15 is 0 Å². The van der Waals surface area contributed by atoms with E-state index in [1.165, 1.54) is 12.1 Å². The van der Waals surface area contributed by atoms with E-state index < -0.39 is 10.0 Å². The van der Waals surface area contributed by atoms with E-state index in [9.17, 15) is 8.42 Å². The van der Waals surface area contributed by atoms with Gasteiger partial charge in [-0.3, -0.25) is 0 Å². The standard InChI is InChI=1S/C10H17NO4S/c1-10(2,3)7-11-16(13,14)9-5-4-8(6-12)15-9/h4-5,11-12H,6-7H2,1-3H3. The summed E-state index contributed by atoms with van der Waals surface area (Å²) in [7, 11) is -3.61. The van der Waals surface area contributed by atoms with Crippen LogP contribution in [0.15, 0.2) is 21.6 Å². The van der Waals surface area contributed by atoms with Gasteiger partial charge in [0, 0.05) is 6.54 Å². The highest BCUT2D eigenvalue weighted by Gasteiger charge is 2.21. The van der Waals surface area contributed by atoms with E-state index in [0.717, 1.165) is 0 Å². The quantitative estimate of drug-likeness (QED) is 0.835. The maximum absolute atomic E-state index is 11.7. The van der Waals surface area contributed by atoms with Crippen LogP contribution in [0.3, 0.4) is 0 Å². The largest absolute Gasteiger partial charge is 0.446 e. The summed E-state index contributed by atoms with van der Waals surface area (Å²) in [5.74, 6) is 0.233. The summed E-state index contributed by atoms with van der Waals surface area (Å²) in [4.78, 5) is 0. The number of hydrogen-bond donors (Lipinski definition) is 2. The fraction of sp³-hybridized carbons (Fsp3) is 0.600. The number of hydrogen-bond acceptors (Lipinski definition) is 4. The summed E-state index contributed by atoms with van der Waals surface area (Å²) in [5.41, 5.74) is -0.139. The van der Waals surface area contributed by atoms with Crippen LogP contribution in [0.25, 0.3) is 0 Å².